The van der Waals surface area contributed by atoms with Crippen LogP contribution in [0.15, 0.2) is 39.5 Å². The van der Waals surface area contributed by atoms with Gasteiger partial charge in [0.1, 0.15) is 17.6 Å². The van der Waals surface area contributed by atoms with Crippen LogP contribution in [0, 0.1) is 6.92 Å². The van der Waals surface area contributed by atoms with E-state index in [1.807, 2.05) is 11.0 Å². The third-order valence-electron chi connectivity index (χ3n) is 4.58. The van der Waals surface area contributed by atoms with Gasteiger partial charge in [0.15, 0.2) is 0 Å². The van der Waals surface area contributed by atoms with Crippen LogP contribution in [0.5, 0.6) is 5.75 Å². The summed E-state index contributed by atoms with van der Waals surface area (Å²) in [5, 5.41) is 1.02. The van der Waals surface area contributed by atoms with Gasteiger partial charge in [0.05, 0.1) is 16.1 Å². The van der Waals surface area contributed by atoms with Crippen molar-refractivity contribution in [1.82, 2.24) is 4.90 Å². The first kappa shape index (κ1) is 19.8. The van der Waals surface area contributed by atoms with E-state index in [0.29, 0.717) is 47.5 Å². The van der Waals surface area contributed by atoms with Gasteiger partial charge in [-0.15, -0.1) is 0 Å². The molecule has 1 aromatic carbocycles. The van der Waals surface area contributed by atoms with Gasteiger partial charge < -0.3 is 14.1 Å². The van der Waals surface area contributed by atoms with Gasteiger partial charge in [-0.05, 0) is 31.0 Å². The summed E-state index contributed by atoms with van der Waals surface area (Å²) in [4.78, 5) is 25.7. The lowest BCUT2D eigenvalue weighted by atomic mass is 10.1. The number of halogens is 2. The van der Waals surface area contributed by atoms with Crippen molar-refractivity contribution in [2.24, 2.45) is 0 Å². The molecule has 3 rings (SSSR count). The Bertz CT molecular complexity index is 873. The monoisotopic (exact) mass is 409 g/mol. The number of carbonyl (C=O) groups is 1. The lowest BCUT2D eigenvalue weighted by Crippen LogP contribution is -2.41. The van der Waals surface area contributed by atoms with Gasteiger partial charge in [-0.25, -0.2) is 4.79 Å². The maximum absolute atomic E-state index is 12.4. The molecule has 144 valence electrons. The minimum atomic E-state index is -0.417. The van der Waals surface area contributed by atoms with Crippen molar-refractivity contribution in [3.8, 4) is 5.75 Å². The molecule has 7 heteroatoms. The van der Waals surface area contributed by atoms with Crippen molar-refractivity contribution < 1.29 is 13.9 Å². The fourth-order valence-corrected chi connectivity index (χ4v) is 3.48. The Kier molecular flexibility index (Phi) is 6.45. The van der Waals surface area contributed by atoms with Gasteiger partial charge in [0.2, 0.25) is 5.91 Å². The van der Waals surface area contributed by atoms with Crippen molar-refractivity contribution in [1.29, 1.82) is 0 Å². The van der Waals surface area contributed by atoms with Crippen LogP contribution >= 0.6 is 23.2 Å². The average Bonchev–Trinajstić information content (AvgIpc) is 2.62. The minimum Gasteiger partial charge on any atom is -0.490 e. The molecule has 1 aliphatic rings. The molecule has 0 N–H and O–H groups in total. The van der Waals surface area contributed by atoms with E-state index in [1.54, 1.807) is 25.1 Å². The zero-order chi connectivity index (χ0) is 19.4. The predicted molar refractivity (Wildman–Crippen MR) is 105 cm³/mol. The third kappa shape index (κ3) is 5.50. The lowest BCUT2D eigenvalue weighted by Gasteiger charge is -2.32. The Morgan fingerprint density at radius 1 is 1.19 bits per heavy atom. The number of carbonyl (C=O) groups excluding carboxylic acids is 1. The quantitative estimate of drug-likeness (QED) is 0.739. The summed E-state index contributed by atoms with van der Waals surface area (Å²) in [6.07, 6.45) is 2.52. The van der Waals surface area contributed by atoms with Crippen LogP contribution in [0.25, 0.3) is 0 Å². The molecular formula is C20H21Cl2NO4. The molecule has 0 spiro atoms. The van der Waals surface area contributed by atoms with Crippen LogP contribution in [0.1, 0.15) is 30.6 Å². The van der Waals surface area contributed by atoms with Crippen LogP contribution in [-0.2, 0) is 11.2 Å². The van der Waals surface area contributed by atoms with E-state index < -0.39 is 5.63 Å². The molecular weight excluding hydrogens is 389 g/mol. The minimum absolute atomic E-state index is 0.00896. The van der Waals surface area contributed by atoms with Crippen LogP contribution in [0.2, 0.25) is 10.0 Å². The van der Waals surface area contributed by atoms with Crippen LogP contribution in [0.4, 0.5) is 0 Å². The maximum atomic E-state index is 12.4. The summed E-state index contributed by atoms with van der Waals surface area (Å²) >= 11 is 11.9. The van der Waals surface area contributed by atoms with Crippen LogP contribution < -0.4 is 10.4 Å². The zero-order valence-electron chi connectivity index (χ0n) is 15.0. The highest BCUT2D eigenvalue weighted by molar-refractivity contribution is 6.42. The number of amides is 1. The molecule has 2 aromatic rings. The second kappa shape index (κ2) is 8.81. The number of likely N-dealkylation sites (tertiary alicyclic amines) is 1. The summed E-state index contributed by atoms with van der Waals surface area (Å²) < 4.78 is 10.8. The van der Waals surface area contributed by atoms with Crippen LogP contribution in [0.3, 0.4) is 0 Å². The molecule has 0 saturated carbocycles. The van der Waals surface area contributed by atoms with Gasteiger partial charge in [-0.1, -0.05) is 29.3 Å². The molecule has 0 radical (unpaired) electrons. The molecule has 5 nitrogen and oxygen atoms in total. The van der Waals surface area contributed by atoms with Gasteiger partial charge in [0.25, 0.3) is 0 Å². The summed E-state index contributed by atoms with van der Waals surface area (Å²) in [7, 11) is 0. The summed E-state index contributed by atoms with van der Waals surface area (Å²) in [6, 6.07) is 8.49. The number of aryl methyl sites for hydroxylation is 2. The number of piperidine rings is 1. The molecule has 0 aliphatic carbocycles. The first-order valence-electron chi connectivity index (χ1n) is 8.91. The van der Waals surface area contributed by atoms with E-state index in [1.165, 1.54) is 6.07 Å². The van der Waals surface area contributed by atoms with Crippen molar-refractivity contribution in [2.45, 2.75) is 38.7 Å². The van der Waals surface area contributed by atoms with Crippen LogP contribution in [-0.4, -0.2) is 30.0 Å². The van der Waals surface area contributed by atoms with Crippen molar-refractivity contribution in [2.75, 3.05) is 13.1 Å². The Balaban J connectivity index is 1.47. The zero-order valence-corrected chi connectivity index (χ0v) is 16.6. The first-order valence-corrected chi connectivity index (χ1v) is 9.66. The Hall–Kier alpha value is -1.98. The second-order valence-corrected chi connectivity index (χ2v) is 7.48. The second-order valence-electron chi connectivity index (χ2n) is 6.67. The fraction of sp³-hybridized carbons (Fsp3) is 0.400. The molecule has 1 amide bonds. The van der Waals surface area contributed by atoms with Crippen molar-refractivity contribution in [3.63, 3.8) is 0 Å². The molecule has 27 heavy (non-hydrogen) atoms. The topological polar surface area (TPSA) is 59.8 Å². The van der Waals surface area contributed by atoms with E-state index in [2.05, 4.69) is 0 Å². The van der Waals surface area contributed by atoms with E-state index in [-0.39, 0.29) is 12.0 Å². The highest BCUT2D eigenvalue weighted by Gasteiger charge is 2.24. The smallest absolute Gasteiger partial charge is 0.339 e. The van der Waals surface area contributed by atoms with Gasteiger partial charge in [-0.3, -0.25) is 4.79 Å². The normalized spacial score (nSPS) is 15.0. The highest BCUT2D eigenvalue weighted by atomic mass is 35.5. The molecule has 0 unspecified atom stereocenters. The number of hydrogen-bond acceptors (Lipinski definition) is 4. The number of hydrogen-bond donors (Lipinski definition) is 0. The van der Waals surface area contributed by atoms with E-state index in [0.717, 1.165) is 18.4 Å². The molecule has 0 bridgehead atoms. The molecule has 1 fully saturated rings. The van der Waals surface area contributed by atoms with E-state index >= 15 is 0 Å². The van der Waals surface area contributed by atoms with Gasteiger partial charge in [-0.2, -0.15) is 0 Å². The van der Waals surface area contributed by atoms with Crippen molar-refractivity contribution >= 4 is 29.1 Å². The number of rotatable bonds is 5. The molecule has 1 aliphatic heterocycles. The summed E-state index contributed by atoms with van der Waals surface area (Å²) in [5.41, 5.74) is 0.578. The first-order chi connectivity index (χ1) is 12.9. The van der Waals surface area contributed by atoms with Gasteiger partial charge >= 0.3 is 5.63 Å². The Labute approximate surface area is 167 Å². The molecule has 1 saturated heterocycles. The molecule has 0 atom stereocenters. The fourth-order valence-electron chi connectivity index (χ4n) is 3.16. The molecule has 1 aromatic heterocycles. The summed E-state index contributed by atoms with van der Waals surface area (Å²) in [6.45, 7) is 3.00. The maximum Gasteiger partial charge on any atom is 0.339 e. The third-order valence-corrected chi connectivity index (χ3v) is 5.32. The summed E-state index contributed by atoms with van der Waals surface area (Å²) in [5.74, 6) is 1.16. The largest absolute Gasteiger partial charge is 0.490 e. The van der Waals surface area contributed by atoms with Gasteiger partial charge in [0, 0.05) is 38.4 Å². The highest BCUT2D eigenvalue weighted by Crippen LogP contribution is 2.24. The Morgan fingerprint density at radius 2 is 1.93 bits per heavy atom. The number of ether oxygens (including phenoxy) is 1. The number of nitrogens with zero attached hydrogens (tertiary/aromatic N) is 1. The standard InChI is InChI=1S/C20H21Cl2NO4/c1-13-10-16(12-20(25)26-13)27-15-6-8-23(9-7-15)19(24)5-3-14-2-4-17(21)18(22)11-14/h2,4,10-12,15H,3,5-9H2,1H3. The molecule has 2 heterocycles. The van der Waals surface area contributed by atoms with E-state index in [4.69, 9.17) is 32.4 Å². The SMILES string of the molecule is Cc1cc(OC2CCN(C(=O)CCc3ccc(Cl)c(Cl)c3)CC2)cc(=O)o1. The van der Waals surface area contributed by atoms with Crippen molar-refractivity contribution in [3.05, 3.63) is 62.1 Å². The average molecular weight is 410 g/mol. The number of benzene rings is 1. The van der Waals surface area contributed by atoms with E-state index in [9.17, 15) is 9.59 Å². The Morgan fingerprint density at radius 3 is 2.59 bits per heavy atom. The lowest BCUT2D eigenvalue weighted by molar-refractivity contribution is -0.132. The predicted octanol–water partition coefficient (Wildman–Crippen LogP) is 4.26.